The second kappa shape index (κ2) is 9.90. The molecule has 1 amide bonds. The first-order chi connectivity index (χ1) is 15.1. The highest BCUT2D eigenvalue weighted by molar-refractivity contribution is 5.79. The van der Waals surface area contributed by atoms with Crippen LogP contribution in [0.5, 0.6) is 0 Å². The molecule has 0 unspecified atom stereocenters. The summed E-state index contributed by atoms with van der Waals surface area (Å²) in [6.45, 7) is 8.87. The molecule has 3 aromatic rings. The van der Waals surface area contributed by atoms with Crippen molar-refractivity contribution in [2.24, 2.45) is 0 Å². The molecule has 1 aliphatic heterocycles. The summed E-state index contributed by atoms with van der Waals surface area (Å²) in [5.74, 6) is 0.0139. The third kappa shape index (κ3) is 5.21. The maximum absolute atomic E-state index is 12.8. The molecule has 0 atom stereocenters. The van der Waals surface area contributed by atoms with Gasteiger partial charge in [-0.15, -0.1) is 0 Å². The molecule has 0 saturated carbocycles. The molecule has 1 fully saturated rings. The summed E-state index contributed by atoms with van der Waals surface area (Å²) >= 11 is 0. The van der Waals surface area contributed by atoms with Crippen LogP contribution in [0.25, 0.3) is 5.69 Å². The average molecular weight is 419 g/mol. The van der Waals surface area contributed by atoms with Gasteiger partial charge in [0.25, 0.3) is 0 Å². The van der Waals surface area contributed by atoms with Crippen LogP contribution in [0.3, 0.4) is 0 Å². The predicted octanol–water partition coefficient (Wildman–Crippen LogP) is 3.18. The quantitative estimate of drug-likeness (QED) is 0.640. The fourth-order valence-electron chi connectivity index (χ4n) is 4.05. The van der Waals surface area contributed by atoms with E-state index in [2.05, 4.69) is 33.5 Å². The third-order valence-corrected chi connectivity index (χ3v) is 5.87. The number of carbonyl (C=O) groups is 1. The van der Waals surface area contributed by atoms with Gasteiger partial charge in [0.1, 0.15) is 0 Å². The van der Waals surface area contributed by atoms with E-state index in [0.29, 0.717) is 13.0 Å². The van der Waals surface area contributed by atoms with E-state index in [0.717, 1.165) is 61.1 Å². The van der Waals surface area contributed by atoms with Gasteiger partial charge in [-0.3, -0.25) is 9.69 Å². The Morgan fingerprint density at radius 1 is 1.00 bits per heavy atom. The molecular weight excluding hydrogens is 388 g/mol. The van der Waals surface area contributed by atoms with Gasteiger partial charge in [-0.2, -0.15) is 5.10 Å². The second-order valence-electron chi connectivity index (χ2n) is 8.01. The Morgan fingerprint density at radius 2 is 1.68 bits per heavy atom. The summed E-state index contributed by atoms with van der Waals surface area (Å²) in [6.07, 6.45) is 0.329. The molecule has 31 heavy (non-hydrogen) atoms. The SMILES string of the molecule is Cc1nn(-c2ccccc2)c(C)c1CC(=O)NCc1ccccc1CN1CCOCC1. The van der Waals surface area contributed by atoms with E-state index in [1.807, 2.05) is 54.9 Å². The molecule has 1 aromatic heterocycles. The van der Waals surface area contributed by atoms with Gasteiger partial charge in [-0.25, -0.2) is 4.68 Å². The van der Waals surface area contributed by atoms with Crippen LogP contribution >= 0.6 is 0 Å². The normalized spacial score (nSPS) is 14.5. The number of ether oxygens (including phenoxy) is 1. The summed E-state index contributed by atoms with van der Waals surface area (Å²) < 4.78 is 7.36. The van der Waals surface area contributed by atoms with Crippen LogP contribution in [-0.2, 0) is 29.0 Å². The number of para-hydroxylation sites is 1. The molecule has 0 spiro atoms. The summed E-state index contributed by atoms with van der Waals surface area (Å²) in [7, 11) is 0. The van der Waals surface area contributed by atoms with E-state index in [1.54, 1.807) is 0 Å². The Labute approximate surface area is 183 Å². The highest BCUT2D eigenvalue weighted by Gasteiger charge is 2.17. The molecule has 0 aliphatic carbocycles. The van der Waals surface area contributed by atoms with Crippen molar-refractivity contribution in [2.45, 2.75) is 33.4 Å². The van der Waals surface area contributed by atoms with Crippen molar-refractivity contribution in [3.05, 3.63) is 82.7 Å². The van der Waals surface area contributed by atoms with E-state index >= 15 is 0 Å². The zero-order chi connectivity index (χ0) is 21.6. The van der Waals surface area contributed by atoms with Gasteiger partial charge in [0.2, 0.25) is 5.91 Å². The number of amides is 1. The summed E-state index contributed by atoms with van der Waals surface area (Å²) in [5, 5.41) is 7.76. The van der Waals surface area contributed by atoms with Crippen LogP contribution in [0, 0.1) is 13.8 Å². The minimum absolute atomic E-state index is 0.0139. The van der Waals surface area contributed by atoms with Crippen LogP contribution in [-0.4, -0.2) is 46.9 Å². The maximum Gasteiger partial charge on any atom is 0.224 e. The summed E-state index contributed by atoms with van der Waals surface area (Å²) in [6, 6.07) is 18.4. The third-order valence-electron chi connectivity index (χ3n) is 5.87. The first-order valence-electron chi connectivity index (χ1n) is 10.9. The van der Waals surface area contributed by atoms with Crippen molar-refractivity contribution in [1.82, 2.24) is 20.0 Å². The molecule has 6 heteroatoms. The van der Waals surface area contributed by atoms with Gasteiger partial charge in [-0.1, -0.05) is 42.5 Å². The molecule has 0 bridgehead atoms. The standard InChI is InChI=1S/C25H30N4O2/c1-19-24(20(2)29(27-19)23-10-4-3-5-11-23)16-25(30)26-17-21-8-6-7-9-22(21)18-28-12-14-31-15-13-28/h3-11H,12-18H2,1-2H3,(H,26,30). The predicted molar refractivity (Wildman–Crippen MR) is 121 cm³/mol. The fraction of sp³-hybridized carbons (Fsp3) is 0.360. The lowest BCUT2D eigenvalue weighted by atomic mass is 10.1. The minimum Gasteiger partial charge on any atom is -0.379 e. The number of nitrogens with one attached hydrogen (secondary N) is 1. The highest BCUT2D eigenvalue weighted by atomic mass is 16.5. The van der Waals surface area contributed by atoms with E-state index in [4.69, 9.17) is 4.74 Å². The van der Waals surface area contributed by atoms with Gasteiger partial charge in [-0.05, 0) is 37.1 Å². The van der Waals surface area contributed by atoms with Gasteiger partial charge < -0.3 is 10.1 Å². The molecule has 1 saturated heterocycles. The number of morpholine rings is 1. The first-order valence-corrected chi connectivity index (χ1v) is 10.9. The van der Waals surface area contributed by atoms with Crippen LogP contribution in [0.15, 0.2) is 54.6 Å². The number of aryl methyl sites for hydroxylation is 1. The number of hydrogen-bond donors (Lipinski definition) is 1. The monoisotopic (exact) mass is 418 g/mol. The molecule has 2 heterocycles. The van der Waals surface area contributed by atoms with Gasteiger partial charge in [0.15, 0.2) is 0 Å². The topological polar surface area (TPSA) is 59.4 Å². The Balaban J connectivity index is 1.40. The molecule has 162 valence electrons. The Hall–Kier alpha value is -2.96. The summed E-state index contributed by atoms with van der Waals surface area (Å²) in [5.41, 5.74) is 6.32. The average Bonchev–Trinajstić information content (AvgIpc) is 3.08. The number of benzene rings is 2. The van der Waals surface area contributed by atoms with E-state index in [1.165, 1.54) is 5.56 Å². The second-order valence-corrected chi connectivity index (χ2v) is 8.01. The lowest BCUT2D eigenvalue weighted by molar-refractivity contribution is -0.120. The molecule has 2 aromatic carbocycles. The smallest absolute Gasteiger partial charge is 0.224 e. The van der Waals surface area contributed by atoms with Crippen LogP contribution in [0.1, 0.15) is 28.1 Å². The first kappa shape index (κ1) is 21.3. The van der Waals surface area contributed by atoms with Crippen molar-refractivity contribution < 1.29 is 9.53 Å². The summed E-state index contributed by atoms with van der Waals surface area (Å²) in [4.78, 5) is 15.2. The lowest BCUT2D eigenvalue weighted by Gasteiger charge is -2.27. The molecule has 0 radical (unpaired) electrons. The number of carbonyl (C=O) groups excluding carboxylic acids is 1. The zero-order valence-electron chi connectivity index (χ0n) is 18.3. The molecule has 4 rings (SSSR count). The Bertz CT molecular complexity index is 1020. The van der Waals surface area contributed by atoms with Crippen LogP contribution in [0.2, 0.25) is 0 Å². The lowest BCUT2D eigenvalue weighted by Crippen LogP contribution is -2.36. The van der Waals surface area contributed by atoms with Gasteiger partial charge >= 0.3 is 0 Å². The highest BCUT2D eigenvalue weighted by Crippen LogP contribution is 2.19. The van der Waals surface area contributed by atoms with Crippen molar-refractivity contribution in [3.8, 4) is 5.69 Å². The number of nitrogens with zero attached hydrogens (tertiary/aromatic N) is 3. The molecular formula is C25H30N4O2. The zero-order valence-corrected chi connectivity index (χ0v) is 18.3. The fourth-order valence-corrected chi connectivity index (χ4v) is 4.05. The minimum atomic E-state index is 0.0139. The molecule has 6 nitrogen and oxygen atoms in total. The largest absolute Gasteiger partial charge is 0.379 e. The van der Waals surface area contributed by atoms with Crippen molar-refractivity contribution in [2.75, 3.05) is 26.3 Å². The van der Waals surface area contributed by atoms with Crippen molar-refractivity contribution in [1.29, 1.82) is 0 Å². The van der Waals surface area contributed by atoms with E-state index in [9.17, 15) is 4.79 Å². The Kier molecular flexibility index (Phi) is 6.79. The number of rotatable bonds is 7. The molecule has 1 aliphatic rings. The Morgan fingerprint density at radius 3 is 2.42 bits per heavy atom. The number of hydrogen-bond acceptors (Lipinski definition) is 4. The van der Waals surface area contributed by atoms with Crippen molar-refractivity contribution >= 4 is 5.91 Å². The number of aromatic nitrogens is 2. The van der Waals surface area contributed by atoms with E-state index in [-0.39, 0.29) is 5.91 Å². The maximum atomic E-state index is 12.8. The van der Waals surface area contributed by atoms with Crippen LogP contribution in [0.4, 0.5) is 0 Å². The molecule has 1 N–H and O–H groups in total. The van der Waals surface area contributed by atoms with Gasteiger partial charge in [0, 0.05) is 37.4 Å². The van der Waals surface area contributed by atoms with E-state index < -0.39 is 0 Å². The van der Waals surface area contributed by atoms with Gasteiger partial charge in [0.05, 0.1) is 31.0 Å². The van der Waals surface area contributed by atoms with Crippen molar-refractivity contribution in [3.63, 3.8) is 0 Å². The van der Waals surface area contributed by atoms with Crippen LogP contribution < -0.4 is 5.32 Å².